The van der Waals surface area contributed by atoms with E-state index in [2.05, 4.69) is 19.9 Å². The van der Waals surface area contributed by atoms with Gasteiger partial charge in [0.2, 0.25) is 0 Å². The molecule has 0 aromatic heterocycles. The lowest BCUT2D eigenvalue weighted by atomic mass is 9.59. The van der Waals surface area contributed by atoms with Crippen molar-refractivity contribution in [1.82, 2.24) is 0 Å². The summed E-state index contributed by atoms with van der Waals surface area (Å²) in [6.07, 6.45) is 10.8. The lowest BCUT2D eigenvalue weighted by Gasteiger charge is -2.46. The van der Waals surface area contributed by atoms with Crippen LogP contribution in [0.1, 0.15) is 58.8 Å². The summed E-state index contributed by atoms with van der Waals surface area (Å²) in [6, 6.07) is 0. The van der Waals surface area contributed by atoms with Crippen molar-refractivity contribution in [2.45, 2.75) is 58.8 Å². The zero-order chi connectivity index (χ0) is 12.7. The molecule has 18 heavy (non-hydrogen) atoms. The van der Waals surface area contributed by atoms with Crippen LogP contribution in [0.15, 0.2) is 11.6 Å². The number of hydrogen-bond acceptors (Lipinski definition) is 1. The van der Waals surface area contributed by atoms with Crippen LogP contribution in [0.3, 0.4) is 0 Å². The highest BCUT2D eigenvalue weighted by Gasteiger charge is 2.42. The minimum absolute atomic E-state index is 0.390. The molecule has 0 aliphatic heterocycles. The first-order valence-corrected chi connectivity index (χ1v) is 7.91. The summed E-state index contributed by atoms with van der Waals surface area (Å²) < 4.78 is 0. The molecule has 4 atom stereocenters. The Balaban J connectivity index is 1.98. The van der Waals surface area contributed by atoms with Gasteiger partial charge in [-0.2, -0.15) is 0 Å². The molecule has 0 radical (unpaired) electrons. The van der Waals surface area contributed by atoms with Crippen molar-refractivity contribution in [3.8, 4) is 0 Å². The summed E-state index contributed by atoms with van der Waals surface area (Å²) in [5.74, 6) is 3.88. The van der Waals surface area contributed by atoms with Crippen LogP contribution < -0.4 is 0 Å². The zero-order valence-corrected chi connectivity index (χ0v) is 11.8. The lowest BCUT2D eigenvalue weighted by Crippen LogP contribution is -2.39. The second kappa shape index (κ2) is 4.83. The van der Waals surface area contributed by atoms with Gasteiger partial charge in [-0.1, -0.05) is 31.9 Å². The lowest BCUT2D eigenvalue weighted by molar-refractivity contribution is -0.126. The van der Waals surface area contributed by atoms with Gasteiger partial charge in [-0.15, -0.1) is 0 Å². The SMILES string of the molecule is CC(C)[C@H]1CCC(=O)[C@@H]2CCC=C3[C@H]1CCC[C@@H]32. The Kier molecular flexibility index (Phi) is 3.34. The van der Waals surface area contributed by atoms with E-state index in [1.54, 1.807) is 5.57 Å². The maximum absolute atomic E-state index is 12.4. The zero-order valence-electron chi connectivity index (χ0n) is 11.8. The van der Waals surface area contributed by atoms with Crippen LogP contribution in [-0.2, 0) is 4.79 Å². The summed E-state index contributed by atoms with van der Waals surface area (Å²) in [4.78, 5) is 12.4. The molecule has 1 heteroatoms. The van der Waals surface area contributed by atoms with E-state index in [0.29, 0.717) is 17.6 Å². The average Bonchev–Trinajstić information content (AvgIpc) is 2.38. The van der Waals surface area contributed by atoms with Gasteiger partial charge in [0.05, 0.1) is 0 Å². The first kappa shape index (κ1) is 12.4. The Morgan fingerprint density at radius 1 is 1.06 bits per heavy atom. The van der Waals surface area contributed by atoms with Crippen molar-refractivity contribution < 1.29 is 4.79 Å². The molecule has 0 aromatic carbocycles. The summed E-state index contributed by atoms with van der Waals surface area (Å²) in [6.45, 7) is 4.70. The van der Waals surface area contributed by atoms with E-state index in [0.717, 1.165) is 43.4 Å². The van der Waals surface area contributed by atoms with Gasteiger partial charge in [-0.25, -0.2) is 0 Å². The van der Waals surface area contributed by atoms with Crippen LogP contribution in [0.2, 0.25) is 0 Å². The van der Waals surface area contributed by atoms with Gasteiger partial charge in [0, 0.05) is 12.3 Å². The second-order valence-electron chi connectivity index (χ2n) is 6.94. The number of rotatable bonds is 1. The van der Waals surface area contributed by atoms with Crippen LogP contribution in [-0.4, -0.2) is 5.78 Å². The molecule has 0 unspecified atom stereocenters. The fraction of sp³-hybridized carbons (Fsp3) is 0.824. The fourth-order valence-electron chi connectivity index (χ4n) is 4.87. The van der Waals surface area contributed by atoms with E-state index < -0.39 is 0 Å². The van der Waals surface area contributed by atoms with Crippen LogP contribution >= 0.6 is 0 Å². The Labute approximate surface area is 111 Å². The smallest absolute Gasteiger partial charge is 0.136 e. The van der Waals surface area contributed by atoms with E-state index in [1.165, 1.54) is 19.3 Å². The maximum atomic E-state index is 12.4. The van der Waals surface area contributed by atoms with Crippen LogP contribution in [0.5, 0.6) is 0 Å². The minimum Gasteiger partial charge on any atom is -0.299 e. The van der Waals surface area contributed by atoms with Gasteiger partial charge in [0.15, 0.2) is 0 Å². The predicted molar refractivity (Wildman–Crippen MR) is 74.2 cm³/mol. The van der Waals surface area contributed by atoms with Crippen molar-refractivity contribution in [1.29, 1.82) is 0 Å². The van der Waals surface area contributed by atoms with Crippen molar-refractivity contribution in [3.63, 3.8) is 0 Å². The molecule has 1 nitrogen and oxygen atoms in total. The highest BCUT2D eigenvalue weighted by atomic mass is 16.1. The van der Waals surface area contributed by atoms with Crippen LogP contribution in [0, 0.1) is 29.6 Å². The predicted octanol–water partition coefficient (Wildman–Crippen LogP) is 4.37. The van der Waals surface area contributed by atoms with Gasteiger partial charge in [0.25, 0.3) is 0 Å². The molecule has 0 N–H and O–H groups in total. The van der Waals surface area contributed by atoms with E-state index >= 15 is 0 Å². The molecule has 0 spiro atoms. The molecule has 4 bridgehead atoms. The van der Waals surface area contributed by atoms with E-state index in [9.17, 15) is 4.79 Å². The number of ketones is 1. The van der Waals surface area contributed by atoms with Gasteiger partial charge >= 0.3 is 0 Å². The number of hydrogen-bond donors (Lipinski definition) is 0. The summed E-state index contributed by atoms with van der Waals surface area (Å²) in [5, 5.41) is 0. The fourth-order valence-corrected chi connectivity index (χ4v) is 4.87. The molecule has 0 heterocycles. The van der Waals surface area contributed by atoms with Crippen LogP contribution in [0.4, 0.5) is 0 Å². The molecular weight excluding hydrogens is 220 g/mol. The first-order valence-electron chi connectivity index (χ1n) is 7.91. The number of Topliss-reactive ketones (excluding diaryl/α,β-unsaturated/α-hetero) is 1. The standard InChI is InChI=1S/C17H26O/c1-11(2)12-9-10-17(18)16-8-4-6-14-13(12)5-3-7-15(14)16/h6,11-13,15-16H,3-5,7-10H2,1-2H3/t12-,13+,15+,16-/m1/s1. The van der Waals surface area contributed by atoms with Gasteiger partial charge in [0.1, 0.15) is 5.78 Å². The van der Waals surface area contributed by atoms with Crippen molar-refractivity contribution >= 4 is 5.78 Å². The third-order valence-corrected chi connectivity index (χ3v) is 5.74. The Morgan fingerprint density at radius 3 is 2.61 bits per heavy atom. The Bertz CT molecular complexity index is 366. The number of carbonyl (C=O) groups excluding carboxylic acids is 1. The van der Waals surface area contributed by atoms with E-state index in [4.69, 9.17) is 0 Å². The van der Waals surface area contributed by atoms with E-state index in [-0.39, 0.29) is 0 Å². The molecular formula is C17H26O. The molecule has 2 fully saturated rings. The molecule has 100 valence electrons. The van der Waals surface area contributed by atoms with Crippen molar-refractivity contribution in [2.24, 2.45) is 29.6 Å². The first-order chi connectivity index (χ1) is 8.68. The highest BCUT2D eigenvalue weighted by molar-refractivity contribution is 5.82. The van der Waals surface area contributed by atoms with Gasteiger partial charge < -0.3 is 0 Å². The molecule has 0 aromatic rings. The molecule has 3 rings (SSSR count). The van der Waals surface area contributed by atoms with Crippen LogP contribution in [0.25, 0.3) is 0 Å². The average molecular weight is 246 g/mol. The third-order valence-electron chi connectivity index (χ3n) is 5.74. The topological polar surface area (TPSA) is 17.1 Å². The largest absolute Gasteiger partial charge is 0.299 e. The van der Waals surface area contributed by atoms with E-state index in [1.807, 2.05) is 0 Å². The third kappa shape index (κ3) is 1.96. The van der Waals surface area contributed by atoms with Gasteiger partial charge in [-0.3, -0.25) is 4.79 Å². The molecule has 3 aliphatic carbocycles. The Morgan fingerprint density at radius 2 is 1.83 bits per heavy atom. The monoisotopic (exact) mass is 246 g/mol. The molecule has 0 amide bonds. The molecule has 0 saturated heterocycles. The molecule has 2 saturated carbocycles. The minimum atomic E-state index is 0.390. The van der Waals surface area contributed by atoms with Crippen molar-refractivity contribution in [2.75, 3.05) is 0 Å². The van der Waals surface area contributed by atoms with Crippen molar-refractivity contribution in [3.05, 3.63) is 11.6 Å². The van der Waals surface area contributed by atoms with Gasteiger partial charge in [-0.05, 0) is 55.8 Å². The second-order valence-corrected chi connectivity index (χ2v) is 6.94. The number of carbonyl (C=O) groups is 1. The number of allylic oxidation sites excluding steroid dienone is 2. The Hall–Kier alpha value is -0.590. The highest BCUT2D eigenvalue weighted by Crippen LogP contribution is 2.50. The summed E-state index contributed by atoms with van der Waals surface area (Å²) in [7, 11) is 0. The molecule has 3 aliphatic rings. The quantitative estimate of drug-likeness (QED) is 0.628. The normalized spacial score (nSPS) is 40.2. The summed E-state index contributed by atoms with van der Waals surface area (Å²) >= 11 is 0. The maximum Gasteiger partial charge on any atom is 0.136 e. The summed E-state index contributed by atoms with van der Waals surface area (Å²) in [5.41, 5.74) is 1.70.